The fourth-order valence-corrected chi connectivity index (χ4v) is 5.42. The van der Waals surface area contributed by atoms with E-state index in [1.807, 2.05) is 63.4 Å². The van der Waals surface area contributed by atoms with E-state index in [1.54, 1.807) is 4.90 Å². The average molecular weight is 466 g/mol. The van der Waals surface area contributed by atoms with Crippen LogP contribution in [0.25, 0.3) is 10.9 Å². The van der Waals surface area contributed by atoms with Crippen molar-refractivity contribution in [2.45, 2.75) is 37.9 Å². The number of carbonyl (C=O) groups excluding carboxylic acids is 2. The van der Waals surface area contributed by atoms with Gasteiger partial charge in [0.2, 0.25) is 11.8 Å². The molecule has 1 aliphatic rings. The Morgan fingerprint density at radius 1 is 1.18 bits per heavy atom. The third kappa shape index (κ3) is 4.94. The molecule has 0 bridgehead atoms. The summed E-state index contributed by atoms with van der Waals surface area (Å²) in [5.74, 6) is 0.124. The highest BCUT2D eigenvalue weighted by Crippen LogP contribution is 2.42. The molecule has 174 valence electrons. The molecule has 7 heteroatoms. The lowest BCUT2D eigenvalue weighted by molar-refractivity contribution is -0.139. The molecule has 0 radical (unpaired) electrons. The Hall–Kier alpha value is -2.77. The third-order valence-corrected chi connectivity index (χ3v) is 7.18. The summed E-state index contributed by atoms with van der Waals surface area (Å²) in [5.41, 5.74) is 4.15. The van der Waals surface area contributed by atoms with E-state index in [4.69, 9.17) is 4.74 Å². The molecule has 1 aromatic heterocycles. The highest BCUT2D eigenvalue weighted by molar-refractivity contribution is 8.00. The topological polar surface area (TPSA) is 63.6 Å². The van der Waals surface area contributed by atoms with Crippen molar-refractivity contribution in [3.63, 3.8) is 0 Å². The van der Waals surface area contributed by atoms with Gasteiger partial charge in [-0.15, -0.1) is 0 Å². The first-order chi connectivity index (χ1) is 16.0. The second kappa shape index (κ2) is 10.4. The number of aryl methyl sites for hydroxylation is 2. The van der Waals surface area contributed by atoms with Crippen LogP contribution in [0.4, 0.5) is 0 Å². The van der Waals surface area contributed by atoms with Crippen molar-refractivity contribution in [1.29, 1.82) is 0 Å². The van der Waals surface area contributed by atoms with E-state index < -0.39 is 6.04 Å². The number of benzene rings is 2. The molecule has 1 atom stereocenters. The van der Waals surface area contributed by atoms with Crippen molar-refractivity contribution >= 4 is 34.5 Å². The van der Waals surface area contributed by atoms with Gasteiger partial charge in [0.1, 0.15) is 6.04 Å². The predicted molar refractivity (Wildman–Crippen MR) is 132 cm³/mol. The van der Waals surface area contributed by atoms with E-state index in [2.05, 4.69) is 16.0 Å². The SMILES string of the molecule is CCOCCCNC(=O)C1c2c(n(C)c3ccccc23)SCC(=O)N1Cc1ccc(C)cc1. The lowest BCUT2D eigenvalue weighted by Gasteiger charge is -2.30. The second-order valence-corrected chi connectivity index (χ2v) is 9.30. The third-order valence-electron chi connectivity index (χ3n) is 6.02. The summed E-state index contributed by atoms with van der Waals surface area (Å²) in [6.07, 6.45) is 0.732. The smallest absolute Gasteiger partial charge is 0.247 e. The Morgan fingerprint density at radius 2 is 1.94 bits per heavy atom. The van der Waals surface area contributed by atoms with Crippen LogP contribution in [0.2, 0.25) is 0 Å². The number of fused-ring (bicyclic) bond motifs is 3. The van der Waals surface area contributed by atoms with Gasteiger partial charge in [0.25, 0.3) is 0 Å². The number of nitrogens with one attached hydrogen (secondary N) is 1. The minimum atomic E-state index is -0.693. The molecule has 1 N–H and O–H groups in total. The van der Waals surface area contributed by atoms with Gasteiger partial charge in [-0.1, -0.05) is 59.8 Å². The number of carbonyl (C=O) groups is 2. The molecule has 2 aromatic carbocycles. The van der Waals surface area contributed by atoms with Gasteiger partial charge in [0.05, 0.1) is 10.8 Å². The quantitative estimate of drug-likeness (QED) is 0.507. The number of hydrogen-bond donors (Lipinski definition) is 1. The van der Waals surface area contributed by atoms with Gasteiger partial charge in [0, 0.05) is 49.8 Å². The maximum Gasteiger partial charge on any atom is 0.247 e. The first-order valence-electron chi connectivity index (χ1n) is 11.4. The Kier molecular flexibility index (Phi) is 7.40. The van der Waals surface area contributed by atoms with Crippen molar-refractivity contribution in [3.8, 4) is 0 Å². The van der Waals surface area contributed by atoms with Gasteiger partial charge in [-0.3, -0.25) is 9.59 Å². The number of aromatic nitrogens is 1. The number of hydrogen-bond acceptors (Lipinski definition) is 4. The van der Waals surface area contributed by atoms with E-state index in [0.717, 1.165) is 39.0 Å². The number of thioether (sulfide) groups is 1. The van der Waals surface area contributed by atoms with Crippen molar-refractivity contribution in [2.75, 3.05) is 25.5 Å². The normalized spacial score (nSPS) is 16.0. The summed E-state index contributed by atoms with van der Waals surface area (Å²) in [4.78, 5) is 28.7. The summed E-state index contributed by atoms with van der Waals surface area (Å²) < 4.78 is 7.51. The molecule has 0 spiro atoms. The first kappa shape index (κ1) is 23.4. The summed E-state index contributed by atoms with van der Waals surface area (Å²) in [6.45, 7) is 6.15. The molecule has 3 aromatic rings. The molecular weight excluding hydrogens is 434 g/mol. The minimum Gasteiger partial charge on any atom is -0.382 e. The molecule has 33 heavy (non-hydrogen) atoms. The van der Waals surface area contributed by atoms with Crippen LogP contribution in [-0.2, 0) is 27.9 Å². The highest BCUT2D eigenvalue weighted by Gasteiger charge is 2.38. The van der Waals surface area contributed by atoms with Crippen molar-refractivity contribution in [3.05, 3.63) is 65.2 Å². The Labute approximate surface area is 199 Å². The predicted octanol–water partition coefficient (Wildman–Crippen LogP) is 4.21. The van der Waals surface area contributed by atoms with Gasteiger partial charge in [0.15, 0.2) is 0 Å². The Bertz CT molecular complexity index is 1140. The number of ether oxygens (including phenoxy) is 1. The Morgan fingerprint density at radius 3 is 2.70 bits per heavy atom. The van der Waals surface area contributed by atoms with E-state index in [-0.39, 0.29) is 11.8 Å². The van der Waals surface area contributed by atoms with Crippen molar-refractivity contribution in [2.24, 2.45) is 7.05 Å². The lowest BCUT2D eigenvalue weighted by Crippen LogP contribution is -2.43. The van der Waals surface area contributed by atoms with Crippen LogP contribution in [0.3, 0.4) is 0 Å². The van der Waals surface area contributed by atoms with Crippen LogP contribution in [0.1, 0.15) is 36.1 Å². The first-order valence-corrected chi connectivity index (χ1v) is 12.4. The van der Waals surface area contributed by atoms with Gasteiger partial charge in [-0.25, -0.2) is 0 Å². The summed E-state index contributed by atoms with van der Waals surface area (Å²) in [5, 5.41) is 5.06. The molecule has 0 saturated carbocycles. The van der Waals surface area contributed by atoms with Crippen molar-refractivity contribution in [1.82, 2.24) is 14.8 Å². The second-order valence-electron chi connectivity index (χ2n) is 8.33. The van der Waals surface area contributed by atoms with Crippen LogP contribution in [0, 0.1) is 6.92 Å². The van der Waals surface area contributed by atoms with Crippen LogP contribution in [0.15, 0.2) is 53.6 Å². The molecule has 2 heterocycles. The van der Waals surface area contributed by atoms with E-state index in [9.17, 15) is 9.59 Å². The van der Waals surface area contributed by atoms with Crippen molar-refractivity contribution < 1.29 is 14.3 Å². The Balaban J connectivity index is 1.74. The van der Waals surface area contributed by atoms with E-state index >= 15 is 0 Å². The van der Waals surface area contributed by atoms with Gasteiger partial charge in [-0.05, 0) is 31.9 Å². The molecule has 6 nitrogen and oxygen atoms in total. The standard InChI is InChI=1S/C26H31N3O3S/c1-4-32-15-7-14-27-25(31)24-23-20-8-5-6-9-21(20)28(3)26(23)33-17-22(30)29(24)16-19-12-10-18(2)11-13-19/h5-6,8-13,24H,4,7,14-17H2,1-3H3,(H,27,31). The van der Waals surface area contributed by atoms with Crippen LogP contribution in [-0.4, -0.2) is 46.8 Å². The molecule has 2 amide bonds. The summed E-state index contributed by atoms with van der Waals surface area (Å²) in [6, 6.07) is 15.5. The number of rotatable bonds is 8. The maximum absolute atomic E-state index is 13.6. The number of para-hydroxylation sites is 1. The van der Waals surface area contributed by atoms with Crippen LogP contribution in [0.5, 0.6) is 0 Å². The largest absolute Gasteiger partial charge is 0.382 e. The average Bonchev–Trinajstić information content (AvgIpc) is 3.00. The number of nitrogens with zero attached hydrogens (tertiary/aromatic N) is 2. The van der Waals surface area contributed by atoms with Gasteiger partial charge >= 0.3 is 0 Å². The molecule has 4 rings (SSSR count). The van der Waals surface area contributed by atoms with E-state index in [0.29, 0.717) is 32.1 Å². The molecular formula is C26H31N3O3S. The maximum atomic E-state index is 13.6. The van der Waals surface area contributed by atoms with Gasteiger partial charge < -0.3 is 19.5 Å². The zero-order valence-corrected chi connectivity index (χ0v) is 20.3. The summed E-state index contributed by atoms with van der Waals surface area (Å²) in [7, 11) is 2.01. The number of amides is 2. The zero-order valence-electron chi connectivity index (χ0n) is 19.5. The van der Waals surface area contributed by atoms with E-state index in [1.165, 1.54) is 11.8 Å². The summed E-state index contributed by atoms with van der Waals surface area (Å²) >= 11 is 1.51. The molecule has 1 unspecified atom stereocenters. The fourth-order valence-electron chi connectivity index (χ4n) is 4.32. The molecule has 0 aliphatic carbocycles. The molecule has 1 aliphatic heterocycles. The van der Waals surface area contributed by atoms with Gasteiger partial charge in [-0.2, -0.15) is 0 Å². The monoisotopic (exact) mass is 465 g/mol. The van der Waals surface area contributed by atoms with Crippen LogP contribution >= 0.6 is 11.8 Å². The molecule has 0 fully saturated rings. The van der Waals surface area contributed by atoms with Crippen LogP contribution < -0.4 is 5.32 Å². The highest BCUT2D eigenvalue weighted by atomic mass is 32.2. The molecule has 0 saturated heterocycles. The lowest BCUT2D eigenvalue weighted by atomic mass is 10.0. The minimum absolute atomic E-state index is 0.0321. The zero-order chi connectivity index (χ0) is 23.4. The fraction of sp³-hybridized carbons (Fsp3) is 0.385.